The molecule has 124 valence electrons. The van der Waals surface area contributed by atoms with Crippen LogP contribution in [0, 0.1) is 0 Å². The van der Waals surface area contributed by atoms with Gasteiger partial charge in [-0.15, -0.1) is 0 Å². The van der Waals surface area contributed by atoms with E-state index in [1.807, 2.05) is 0 Å². The van der Waals surface area contributed by atoms with Crippen LogP contribution in [0.5, 0.6) is 0 Å². The van der Waals surface area contributed by atoms with Crippen molar-refractivity contribution in [3.63, 3.8) is 0 Å². The second kappa shape index (κ2) is 7.29. The van der Waals surface area contributed by atoms with E-state index in [0.717, 1.165) is 31.4 Å². The Labute approximate surface area is 129 Å². The normalized spacial score (nSPS) is 12.3. The number of alkyl halides is 3. The van der Waals surface area contributed by atoms with Gasteiger partial charge < -0.3 is 21.9 Å². The molecule has 6 N–H and O–H groups in total. The Morgan fingerprint density at radius 3 is 2.43 bits per heavy atom. The minimum absolute atomic E-state index is 0.164. The molecule has 0 amide bonds. The molecule has 7 nitrogen and oxygen atoms in total. The SMILES string of the molecule is COC(=O)C=Cc1ccc(C(F)(F)F)cc1N=C(N)N=C(N)N. The highest BCUT2D eigenvalue weighted by atomic mass is 19.4. The minimum atomic E-state index is -4.57. The third kappa shape index (κ3) is 5.69. The van der Waals surface area contributed by atoms with Crippen LogP contribution in [0.15, 0.2) is 34.3 Å². The van der Waals surface area contributed by atoms with Crippen LogP contribution in [0.25, 0.3) is 6.08 Å². The highest BCUT2D eigenvalue weighted by Gasteiger charge is 2.30. The largest absolute Gasteiger partial charge is 0.466 e. The van der Waals surface area contributed by atoms with Crippen LogP contribution in [-0.2, 0) is 15.7 Å². The number of guanidine groups is 2. The van der Waals surface area contributed by atoms with Gasteiger partial charge in [0.1, 0.15) is 0 Å². The zero-order valence-electron chi connectivity index (χ0n) is 12.0. The van der Waals surface area contributed by atoms with Gasteiger partial charge in [0.05, 0.1) is 18.4 Å². The Morgan fingerprint density at radius 2 is 1.91 bits per heavy atom. The Bertz CT molecular complexity index is 677. The molecule has 0 atom stereocenters. The lowest BCUT2D eigenvalue weighted by atomic mass is 10.1. The molecule has 0 unspecified atom stereocenters. The Kier molecular flexibility index (Phi) is 5.71. The van der Waals surface area contributed by atoms with Gasteiger partial charge in [-0.1, -0.05) is 6.07 Å². The summed E-state index contributed by atoms with van der Waals surface area (Å²) in [6.45, 7) is 0. The molecule has 1 rings (SSSR count). The van der Waals surface area contributed by atoms with Crippen LogP contribution in [0.3, 0.4) is 0 Å². The summed E-state index contributed by atoms with van der Waals surface area (Å²) in [5.41, 5.74) is 14.7. The van der Waals surface area contributed by atoms with Crippen molar-refractivity contribution in [1.82, 2.24) is 0 Å². The first-order valence-corrected chi connectivity index (χ1v) is 6.04. The van der Waals surface area contributed by atoms with Gasteiger partial charge in [-0.2, -0.15) is 18.2 Å². The number of methoxy groups -OCH3 is 1. The molecule has 0 aromatic heterocycles. The summed E-state index contributed by atoms with van der Waals surface area (Å²) in [6, 6.07) is 2.72. The molecule has 10 heteroatoms. The smallest absolute Gasteiger partial charge is 0.416 e. The van der Waals surface area contributed by atoms with E-state index in [1.165, 1.54) is 6.08 Å². The third-order valence-corrected chi connectivity index (χ3v) is 2.44. The molecule has 0 aliphatic carbocycles. The first-order valence-electron chi connectivity index (χ1n) is 6.04. The van der Waals surface area contributed by atoms with Crippen molar-refractivity contribution in [3.8, 4) is 0 Å². The Morgan fingerprint density at radius 1 is 1.26 bits per heavy atom. The van der Waals surface area contributed by atoms with Crippen LogP contribution >= 0.6 is 0 Å². The molecule has 0 heterocycles. The van der Waals surface area contributed by atoms with Crippen molar-refractivity contribution in [2.24, 2.45) is 27.2 Å². The lowest BCUT2D eigenvalue weighted by molar-refractivity contribution is -0.137. The van der Waals surface area contributed by atoms with Gasteiger partial charge in [-0.05, 0) is 18.2 Å². The van der Waals surface area contributed by atoms with Gasteiger partial charge in [0.25, 0.3) is 0 Å². The quantitative estimate of drug-likeness (QED) is 0.331. The number of halogens is 3. The van der Waals surface area contributed by atoms with Gasteiger partial charge >= 0.3 is 12.1 Å². The highest BCUT2D eigenvalue weighted by Crippen LogP contribution is 2.33. The predicted molar refractivity (Wildman–Crippen MR) is 79.6 cm³/mol. The maximum absolute atomic E-state index is 12.8. The molecule has 0 bridgehead atoms. The van der Waals surface area contributed by atoms with E-state index in [0.29, 0.717) is 0 Å². The number of ether oxygens (including phenoxy) is 1. The van der Waals surface area contributed by atoms with Gasteiger partial charge in [0.15, 0.2) is 5.96 Å². The monoisotopic (exact) mass is 329 g/mol. The third-order valence-electron chi connectivity index (χ3n) is 2.44. The number of benzene rings is 1. The zero-order chi connectivity index (χ0) is 17.6. The summed E-state index contributed by atoms with van der Waals surface area (Å²) in [4.78, 5) is 18.2. The van der Waals surface area contributed by atoms with Gasteiger partial charge in [0.2, 0.25) is 5.96 Å². The van der Waals surface area contributed by atoms with E-state index in [1.54, 1.807) is 0 Å². The van der Waals surface area contributed by atoms with Crippen molar-refractivity contribution in [3.05, 3.63) is 35.4 Å². The summed E-state index contributed by atoms with van der Waals surface area (Å²) in [6.07, 6.45) is -2.31. The zero-order valence-corrected chi connectivity index (χ0v) is 12.0. The van der Waals surface area contributed by atoms with Gasteiger partial charge in [0, 0.05) is 11.6 Å². The van der Waals surface area contributed by atoms with Crippen molar-refractivity contribution in [2.45, 2.75) is 6.18 Å². The number of hydrogen-bond donors (Lipinski definition) is 3. The fourth-order valence-corrected chi connectivity index (χ4v) is 1.46. The van der Waals surface area contributed by atoms with Gasteiger partial charge in [-0.3, -0.25) is 0 Å². The molecule has 0 fully saturated rings. The molecule has 1 aromatic carbocycles. The molecule has 23 heavy (non-hydrogen) atoms. The Hall–Kier alpha value is -3.04. The molecule has 0 aliphatic heterocycles. The molecule has 0 saturated carbocycles. The van der Waals surface area contributed by atoms with Crippen molar-refractivity contribution < 1.29 is 22.7 Å². The van der Waals surface area contributed by atoms with Crippen LogP contribution in [0.1, 0.15) is 11.1 Å². The molecule has 0 saturated heterocycles. The topological polar surface area (TPSA) is 129 Å². The summed E-state index contributed by atoms with van der Waals surface area (Å²) < 4.78 is 42.7. The minimum Gasteiger partial charge on any atom is -0.466 e. The average Bonchev–Trinajstić information content (AvgIpc) is 2.43. The second-order valence-corrected chi connectivity index (χ2v) is 4.13. The molecule has 1 aromatic rings. The Balaban J connectivity index is 3.38. The van der Waals surface area contributed by atoms with E-state index in [2.05, 4.69) is 14.7 Å². The molecular weight excluding hydrogens is 315 g/mol. The number of hydrogen-bond acceptors (Lipinski definition) is 3. The predicted octanol–water partition coefficient (Wildman–Crippen LogP) is 1.11. The van der Waals surface area contributed by atoms with Gasteiger partial charge in [-0.25, -0.2) is 9.79 Å². The number of aliphatic imine (C=N–C) groups is 2. The van der Waals surface area contributed by atoms with Crippen LogP contribution < -0.4 is 17.2 Å². The molecular formula is C13H14F3N5O2. The van der Waals surface area contributed by atoms with E-state index in [-0.39, 0.29) is 11.3 Å². The second-order valence-electron chi connectivity index (χ2n) is 4.13. The van der Waals surface area contributed by atoms with Crippen LogP contribution in [-0.4, -0.2) is 25.0 Å². The summed E-state index contributed by atoms with van der Waals surface area (Å²) in [5.74, 6) is -1.51. The summed E-state index contributed by atoms with van der Waals surface area (Å²) >= 11 is 0. The molecule has 0 spiro atoms. The van der Waals surface area contributed by atoms with Crippen LogP contribution in [0.4, 0.5) is 18.9 Å². The first kappa shape index (κ1) is 18.0. The average molecular weight is 329 g/mol. The number of carbonyl (C=O) groups is 1. The lowest BCUT2D eigenvalue weighted by Gasteiger charge is -2.09. The number of nitrogens with zero attached hydrogens (tertiary/aromatic N) is 2. The first-order chi connectivity index (χ1) is 10.6. The fourth-order valence-electron chi connectivity index (χ4n) is 1.46. The summed E-state index contributed by atoms with van der Waals surface area (Å²) in [7, 11) is 1.16. The molecule has 0 radical (unpaired) electrons. The van der Waals surface area contributed by atoms with E-state index in [4.69, 9.17) is 17.2 Å². The van der Waals surface area contributed by atoms with Crippen molar-refractivity contribution in [1.29, 1.82) is 0 Å². The maximum atomic E-state index is 12.8. The van der Waals surface area contributed by atoms with E-state index < -0.39 is 29.6 Å². The molecule has 0 aliphatic rings. The van der Waals surface area contributed by atoms with Crippen molar-refractivity contribution >= 4 is 29.7 Å². The fraction of sp³-hybridized carbons (Fsp3) is 0.154. The highest BCUT2D eigenvalue weighted by molar-refractivity contribution is 5.94. The maximum Gasteiger partial charge on any atom is 0.416 e. The van der Waals surface area contributed by atoms with E-state index in [9.17, 15) is 18.0 Å². The number of carbonyl (C=O) groups excluding carboxylic acids is 1. The van der Waals surface area contributed by atoms with Crippen LogP contribution in [0.2, 0.25) is 0 Å². The number of nitrogens with two attached hydrogens (primary N) is 3. The van der Waals surface area contributed by atoms with Crippen molar-refractivity contribution in [2.75, 3.05) is 7.11 Å². The lowest BCUT2D eigenvalue weighted by Crippen LogP contribution is -2.26. The number of rotatable bonds is 3. The standard InChI is InChI=1S/C13H14F3N5O2/c1-23-10(22)5-3-7-2-4-8(13(14,15)16)6-9(7)20-12(19)21-11(17)18/h2-6H,1H3,(H6,17,18,19,20,21). The van der Waals surface area contributed by atoms with E-state index >= 15 is 0 Å². The summed E-state index contributed by atoms with van der Waals surface area (Å²) in [5, 5.41) is 0. The number of esters is 1.